The third-order valence-electron chi connectivity index (χ3n) is 5.16. The minimum atomic E-state index is -1.62. The lowest BCUT2D eigenvalue weighted by Gasteiger charge is -2.31. The molecule has 0 heterocycles. The summed E-state index contributed by atoms with van der Waals surface area (Å²) in [6, 6.07) is 0. The molecule has 2 rings (SSSR count). The number of fused-ring (bicyclic) bond motifs is 1. The van der Waals surface area contributed by atoms with Crippen LogP contribution in [0.4, 0.5) is 9.18 Å². The van der Waals surface area contributed by atoms with Crippen molar-refractivity contribution in [2.24, 2.45) is 17.8 Å². The van der Waals surface area contributed by atoms with Gasteiger partial charge < -0.3 is 24.8 Å². The molecule has 2 saturated carbocycles. The highest BCUT2D eigenvalue weighted by molar-refractivity contribution is 5.92. The monoisotopic (exact) mass is 430 g/mol. The average molecular weight is 430 g/mol. The van der Waals surface area contributed by atoms with E-state index in [4.69, 9.17) is 14.2 Å². The Balaban J connectivity index is 2.04. The van der Waals surface area contributed by atoms with Crippen LogP contribution in [0.5, 0.6) is 0 Å². The van der Waals surface area contributed by atoms with Gasteiger partial charge in [0.25, 0.3) is 0 Å². The Morgan fingerprint density at radius 1 is 1.10 bits per heavy atom. The zero-order valence-corrected chi connectivity index (χ0v) is 18.1. The van der Waals surface area contributed by atoms with Gasteiger partial charge in [-0.2, -0.15) is 0 Å². The van der Waals surface area contributed by atoms with Crippen LogP contribution in [0.2, 0.25) is 0 Å². The number of carbonyl (C=O) groups excluding carboxylic acids is 4. The number of rotatable bonds is 8. The molecule has 2 N–H and O–H groups in total. The highest BCUT2D eigenvalue weighted by Gasteiger charge is 2.76. The topological polar surface area (TPSA) is 120 Å². The molecule has 2 aliphatic carbocycles. The van der Waals surface area contributed by atoms with Crippen LogP contribution in [0.15, 0.2) is 0 Å². The maximum Gasteiger partial charge on any atom is 0.407 e. The Hall–Kier alpha value is -2.39. The van der Waals surface area contributed by atoms with Crippen molar-refractivity contribution in [2.45, 2.75) is 64.8 Å². The minimum absolute atomic E-state index is 0.0336. The number of esters is 2. The van der Waals surface area contributed by atoms with E-state index in [1.54, 1.807) is 34.6 Å². The second-order valence-corrected chi connectivity index (χ2v) is 8.52. The van der Waals surface area contributed by atoms with Gasteiger partial charge in [0.2, 0.25) is 5.91 Å². The van der Waals surface area contributed by atoms with Gasteiger partial charge in [-0.25, -0.2) is 14.0 Å². The van der Waals surface area contributed by atoms with Gasteiger partial charge in [-0.3, -0.25) is 9.59 Å². The lowest BCUT2D eigenvalue weighted by Crippen LogP contribution is -2.57. The van der Waals surface area contributed by atoms with Crippen LogP contribution in [0.3, 0.4) is 0 Å². The smallest absolute Gasteiger partial charge is 0.407 e. The quantitative estimate of drug-likeness (QED) is 0.442. The maximum absolute atomic E-state index is 14.6. The normalized spacial score (nSPS) is 29.4. The van der Waals surface area contributed by atoms with Gasteiger partial charge in [0.1, 0.15) is 17.3 Å². The van der Waals surface area contributed by atoms with Gasteiger partial charge in [-0.15, -0.1) is 0 Å². The molecule has 2 aliphatic rings. The molecule has 170 valence electrons. The van der Waals surface area contributed by atoms with Crippen molar-refractivity contribution in [3.8, 4) is 0 Å². The molecule has 0 unspecified atom stereocenters. The zero-order valence-electron chi connectivity index (χ0n) is 18.1. The molecule has 0 aliphatic heterocycles. The maximum atomic E-state index is 14.6. The highest BCUT2D eigenvalue weighted by Crippen LogP contribution is 2.64. The van der Waals surface area contributed by atoms with E-state index < -0.39 is 59.0 Å². The summed E-state index contributed by atoms with van der Waals surface area (Å²) in [5.41, 5.74) is -2.30. The molecule has 5 atom stereocenters. The number of alkyl carbamates (subject to hydrolysis) is 1. The van der Waals surface area contributed by atoms with Crippen LogP contribution in [0, 0.1) is 17.8 Å². The molecule has 0 saturated heterocycles. The number of hydrogen-bond donors (Lipinski definition) is 2. The highest BCUT2D eigenvalue weighted by atomic mass is 19.1. The Morgan fingerprint density at radius 2 is 1.73 bits per heavy atom. The second-order valence-electron chi connectivity index (χ2n) is 8.52. The van der Waals surface area contributed by atoms with Crippen LogP contribution < -0.4 is 10.6 Å². The first-order valence-corrected chi connectivity index (χ1v) is 10.2. The van der Waals surface area contributed by atoms with Crippen molar-refractivity contribution in [3.63, 3.8) is 0 Å². The fourth-order valence-corrected chi connectivity index (χ4v) is 4.11. The molecule has 9 nitrogen and oxygen atoms in total. The summed E-state index contributed by atoms with van der Waals surface area (Å²) in [5.74, 6) is -4.11. The molecule has 0 bridgehead atoms. The summed E-state index contributed by atoms with van der Waals surface area (Å²) < 4.78 is 29.8. The number of amides is 2. The van der Waals surface area contributed by atoms with E-state index in [0.29, 0.717) is 0 Å². The number of hydrogen-bond acceptors (Lipinski definition) is 7. The summed E-state index contributed by atoms with van der Waals surface area (Å²) in [7, 11) is 0. The molecule has 10 heteroatoms. The molecule has 0 aromatic rings. The summed E-state index contributed by atoms with van der Waals surface area (Å²) in [5, 5.41) is 5.04. The second kappa shape index (κ2) is 9.18. The zero-order chi connectivity index (χ0) is 22.7. The van der Waals surface area contributed by atoms with Gasteiger partial charge in [-0.05, 0) is 34.6 Å². The average Bonchev–Trinajstić information content (AvgIpc) is 3.29. The third-order valence-corrected chi connectivity index (χ3v) is 5.16. The van der Waals surface area contributed by atoms with E-state index in [-0.39, 0.29) is 32.6 Å². The molecular formula is C20H31FN2O7. The molecule has 2 fully saturated rings. The van der Waals surface area contributed by atoms with Crippen molar-refractivity contribution < 1.29 is 37.8 Å². The Bertz CT molecular complexity index is 693. The van der Waals surface area contributed by atoms with Crippen molar-refractivity contribution in [1.82, 2.24) is 10.6 Å². The lowest BCUT2D eigenvalue weighted by atomic mass is 9.89. The molecule has 0 aromatic heterocycles. The first-order chi connectivity index (χ1) is 14.0. The van der Waals surface area contributed by atoms with E-state index in [9.17, 15) is 23.6 Å². The first-order valence-electron chi connectivity index (χ1n) is 10.2. The van der Waals surface area contributed by atoms with E-state index in [1.807, 2.05) is 0 Å². The fraction of sp³-hybridized carbons (Fsp3) is 0.800. The van der Waals surface area contributed by atoms with Gasteiger partial charge in [0.05, 0.1) is 19.1 Å². The van der Waals surface area contributed by atoms with Gasteiger partial charge in [-0.1, -0.05) is 0 Å². The van der Waals surface area contributed by atoms with Crippen molar-refractivity contribution >= 4 is 23.9 Å². The molecule has 0 radical (unpaired) electrons. The van der Waals surface area contributed by atoms with Crippen LogP contribution in [0.1, 0.15) is 47.5 Å². The van der Waals surface area contributed by atoms with Crippen molar-refractivity contribution in [2.75, 3.05) is 19.8 Å². The summed E-state index contributed by atoms with van der Waals surface area (Å²) in [6.45, 7) is 8.53. The molecular weight excluding hydrogens is 399 g/mol. The molecule has 0 aromatic carbocycles. The number of nitrogens with one attached hydrogen (secondary N) is 2. The minimum Gasteiger partial charge on any atom is -0.466 e. The SMILES string of the molecule is CCOC(=O)[C@H]1[C@H]2[C@@H]1[C@](NC(=O)CCNC(=O)OC(C)(C)C)(C(=O)OCC)C[C@H]2F. The van der Waals surface area contributed by atoms with Gasteiger partial charge >= 0.3 is 18.0 Å². The van der Waals surface area contributed by atoms with Crippen LogP contribution in [-0.2, 0) is 28.6 Å². The van der Waals surface area contributed by atoms with Crippen LogP contribution in [0.25, 0.3) is 0 Å². The van der Waals surface area contributed by atoms with Crippen LogP contribution in [-0.4, -0.2) is 61.0 Å². The molecule has 0 spiro atoms. The van der Waals surface area contributed by atoms with E-state index in [2.05, 4.69) is 10.6 Å². The van der Waals surface area contributed by atoms with E-state index in [0.717, 1.165) is 0 Å². The van der Waals surface area contributed by atoms with Crippen LogP contribution >= 0.6 is 0 Å². The Labute approximate surface area is 175 Å². The summed E-state index contributed by atoms with van der Waals surface area (Å²) in [4.78, 5) is 49.1. The molecule has 2 amide bonds. The fourth-order valence-electron chi connectivity index (χ4n) is 4.11. The predicted molar refractivity (Wildman–Crippen MR) is 103 cm³/mol. The first kappa shape index (κ1) is 23.9. The number of ether oxygens (including phenoxy) is 3. The third kappa shape index (κ3) is 5.20. The number of alkyl halides is 1. The van der Waals surface area contributed by atoms with Gasteiger partial charge in [0, 0.05) is 31.2 Å². The summed E-state index contributed by atoms with van der Waals surface area (Å²) >= 11 is 0. The van der Waals surface area contributed by atoms with E-state index in [1.165, 1.54) is 0 Å². The summed E-state index contributed by atoms with van der Waals surface area (Å²) in [6.07, 6.45) is -2.53. The lowest BCUT2D eigenvalue weighted by molar-refractivity contribution is -0.156. The standard InChI is InChI=1S/C20H31FN2O7/c1-6-28-16(25)14-13-11(21)10-20(15(13)14,17(26)29-7-2)23-12(24)8-9-22-18(27)30-19(3,4)5/h11,13-15H,6-10H2,1-5H3,(H,22,27)(H,23,24)/t11-,13+,14+,15+,20+/m1/s1. The molecule has 30 heavy (non-hydrogen) atoms. The van der Waals surface area contributed by atoms with E-state index >= 15 is 0 Å². The largest absolute Gasteiger partial charge is 0.466 e. The number of halogens is 1. The Morgan fingerprint density at radius 3 is 2.30 bits per heavy atom. The predicted octanol–water partition coefficient (Wildman–Crippen LogP) is 1.49. The Kier molecular flexibility index (Phi) is 7.31. The van der Waals surface area contributed by atoms with Gasteiger partial charge in [0.15, 0.2) is 0 Å². The van der Waals surface area contributed by atoms with Crippen molar-refractivity contribution in [3.05, 3.63) is 0 Å². The van der Waals surface area contributed by atoms with Crippen molar-refractivity contribution in [1.29, 1.82) is 0 Å². The number of carbonyl (C=O) groups is 4.